The van der Waals surface area contributed by atoms with Gasteiger partial charge >= 0.3 is 0 Å². The lowest BCUT2D eigenvalue weighted by molar-refractivity contribution is 0.0755. The number of rotatable bonds is 3. The van der Waals surface area contributed by atoms with E-state index in [0.717, 1.165) is 19.5 Å². The van der Waals surface area contributed by atoms with E-state index in [-0.39, 0.29) is 5.91 Å². The highest BCUT2D eigenvalue weighted by Crippen LogP contribution is 2.41. The van der Waals surface area contributed by atoms with Crippen LogP contribution in [0.3, 0.4) is 0 Å². The summed E-state index contributed by atoms with van der Waals surface area (Å²) in [4.78, 5) is 23.0. The van der Waals surface area contributed by atoms with Gasteiger partial charge in [0.1, 0.15) is 5.82 Å². The van der Waals surface area contributed by atoms with Crippen LogP contribution in [0.2, 0.25) is 0 Å². The Morgan fingerprint density at radius 3 is 2.77 bits per heavy atom. The van der Waals surface area contributed by atoms with Crippen molar-refractivity contribution < 1.29 is 9.21 Å². The first-order valence-electron chi connectivity index (χ1n) is 7.88. The van der Waals surface area contributed by atoms with Crippen LogP contribution >= 0.6 is 0 Å². The molecule has 0 aromatic carbocycles. The van der Waals surface area contributed by atoms with Gasteiger partial charge in [0.25, 0.3) is 5.91 Å². The molecule has 1 aliphatic heterocycles. The number of aromatic nitrogens is 3. The highest BCUT2D eigenvalue weighted by Gasteiger charge is 2.35. The molecule has 116 valence electrons. The molecule has 2 aliphatic rings. The molecule has 2 aromatic heterocycles. The van der Waals surface area contributed by atoms with Crippen LogP contribution in [-0.2, 0) is 0 Å². The predicted octanol–water partition coefficient (Wildman–Crippen LogP) is 2.45. The average Bonchev–Trinajstić information content (AvgIpc) is 2.92. The van der Waals surface area contributed by atoms with Gasteiger partial charge in [-0.3, -0.25) is 4.79 Å². The van der Waals surface area contributed by atoms with Crippen molar-refractivity contribution in [2.24, 2.45) is 0 Å². The third-order valence-electron chi connectivity index (χ3n) is 4.71. The molecule has 0 spiro atoms. The van der Waals surface area contributed by atoms with Crippen molar-refractivity contribution in [3.05, 3.63) is 35.6 Å². The van der Waals surface area contributed by atoms with Crippen molar-refractivity contribution in [1.82, 2.24) is 19.4 Å². The van der Waals surface area contributed by atoms with Gasteiger partial charge in [-0.05, 0) is 33.1 Å². The quantitative estimate of drug-likeness (QED) is 0.873. The molecule has 2 aromatic rings. The number of imidazole rings is 1. The molecule has 1 saturated carbocycles. The number of amides is 1. The third kappa shape index (κ3) is 2.14. The number of aryl methyl sites for hydroxylation is 2. The van der Waals surface area contributed by atoms with Crippen molar-refractivity contribution in [2.45, 2.75) is 45.1 Å². The van der Waals surface area contributed by atoms with E-state index in [1.165, 1.54) is 30.8 Å². The van der Waals surface area contributed by atoms with Crippen LogP contribution in [0.5, 0.6) is 0 Å². The molecule has 3 heterocycles. The van der Waals surface area contributed by atoms with E-state index in [1.54, 1.807) is 6.92 Å². The first-order chi connectivity index (χ1) is 10.6. The minimum atomic E-state index is -0.0526. The van der Waals surface area contributed by atoms with Gasteiger partial charge in [0.15, 0.2) is 6.39 Å². The molecule has 1 aliphatic carbocycles. The van der Waals surface area contributed by atoms with Crippen molar-refractivity contribution in [3.8, 4) is 0 Å². The molecule has 0 bridgehead atoms. The Balaban J connectivity index is 1.54. The maximum absolute atomic E-state index is 12.5. The fraction of sp³-hybridized carbons (Fsp3) is 0.562. The molecule has 6 heteroatoms. The summed E-state index contributed by atoms with van der Waals surface area (Å²) in [6.45, 7) is 5.38. The van der Waals surface area contributed by atoms with E-state index in [9.17, 15) is 4.79 Å². The number of hydrogen-bond acceptors (Lipinski definition) is 4. The Morgan fingerprint density at radius 2 is 2.09 bits per heavy atom. The van der Waals surface area contributed by atoms with Crippen LogP contribution in [0.1, 0.15) is 59.0 Å². The van der Waals surface area contributed by atoms with E-state index in [1.807, 2.05) is 11.1 Å². The largest absolute Gasteiger partial charge is 0.438 e. The zero-order chi connectivity index (χ0) is 15.3. The van der Waals surface area contributed by atoms with Crippen LogP contribution in [0, 0.1) is 13.8 Å². The minimum absolute atomic E-state index is 0.0526. The number of nitrogens with zero attached hydrogens (tertiary/aromatic N) is 4. The molecule has 0 N–H and O–H groups in total. The van der Waals surface area contributed by atoms with Crippen molar-refractivity contribution in [1.29, 1.82) is 0 Å². The summed E-state index contributed by atoms with van der Waals surface area (Å²) in [7, 11) is 0. The SMILES string of the molecule is Cc1ncoc1C(=O)N1CCC(n2c(C)cnc2C2CC2)C1. The molecule has 22 heavy (non-hydrogen) atoms. The van der Waals surface area contributed by atoms with E-state index in [0.29, 0.717) is 23.4 Å². The van der Waals surface area contributed by atoms with Gasteiger partial charge in [-0.1, -0.05) is 0 Å². The van der Waals surface area contributed by atoms with Gasteiger partial charge < -0.3 is 13.9 Å². The van der Waals surface area contributed by atoms with Crippen molar-refractivity contribution in [2.75, 3.05) is 13.1 Å². The van der Waals surface area contributed by atoms with Gasteiger partial charge in [-0.2, -0.15) is 0 Å². The monoisotopic (exact) mass is 300 g/mol. The summed E-state index contributed by atoms with van der Waals surface area (Å²) in [6.07, 6.45) is 6.74. The minimum Gasteiger partial charge on any atom is -0.438 e. The molecular formula is C16H20N4O2. The Labute approximate surface area is 129 Å². The maximum Gasteiger partial charge on any atom is 0.291 e. The summed E-state index contributed by atoms with van der Waals surface area (Å²) in [6, 6.07) is 0.324. The van der Waals surface area contributed by atoms with Gasteiger partial charge in [0, 0.05) is 30.9 Å². The normalized spacial score (nSPS) is 21.5. The zero-order valence-electron chi connectivity index (χ0n) is 13.0. The average molecular weight is 300 g/mol. The Kier molecular flexibility index (Phi) is 3.06. The topological polar surface area (TPSA) is 64.2 Å². The summed E-state index contributed by atoms with van der Waals surface area (Å²) in [5.41, 5.74) is 1.85. The fourth-order valence-corrected chi connectivity index (χ4v) is 3.37. The van der Waals surface area contributed by atoms with Crippen LogP contribution in [-0.4, -0.2) is 38.4 Å². The molecular weight excluding hydrogens is 280 g/mol. The van der Waals surface area contributed by atoms with Gasteiger partial charge in [0.2, 0.25) is 5.76 Å². The van der Waals surface area contributed by atoms with E-state index in [2.05, 4.69) is 21.5 Å². The number of carbonyl (C=O) groups excluding carboxylic acids is 1. The second kappa shape index (κ2) is 4.97. The second-order valence-electron chi connectivity index (χ2n) is 6.36. The number of oxazole rings is 1. The van der Waals surface area contributed by atoms with E-state index < -0.39 is 0 Å². The molecule has 1 saturated heterocycles. The van der Waals surface area contributed by atoms with Gasteiger partial charge in [-0.15, -0.1) is 0 Å². The molecule has 0 radical (unpaired) electrons. The molecule has 1 unspecified atom stereocenters. The Bertz CT molecular complexity index is 714. The summed E-state index contributed by atoms with van der Waals surface area (Å²) in [5.74, 6) is 2.14. The number of carbonyl (C=O) groups is 1. The van der Waals surface area contributed by atoms with Crippen LogP contribution < -0.4 is 0 Å². The molecule has 1 atom stereocenters. The predicted molar refractivity (Wildman–Crippen MR) is 79.7 cm³/mol. The summed E-state index contributed by atoms with van der Waals surface area (Å²) in [5, 5.41) is 0. The van der Waals surface area contributed by atoms with E-state index in [4.69, 9.17) is 4.42 Å². The Morgan fingerprint density at radius 1 is 1.27 bits per heavy atom. The smallest absolute Gasteiger partial charge is 0.291 e. The molecule has 1 amide bonds. The van der Waals surface area contributed by atoms with Crippen molar-refractivity contribution in [3.63, 3.8) is 0 Å². The highest BCUT2D eigenvalue weighted by molar-refractivity contribution is 5.92. The lowest BCUT2D eigenvalue weighted by Crippen LogP contribution is -2.29. The molecule has 4 rings (SSSR count). The van der Waals surface area contributed by atoms with E-state index >= 15 is 0 Å². The zero-order valence-corrected chi connectivity index (χ0v) is 13.0. The maximum atomic E-state index is 12.5. The highest BCUT2D eigenvalue weighted by atomic mass is 16.3. The van der Waals surface area contributed by atoms with Gasteiger partial charge in [0.05, 0.1) is 11.7 Å². The lowest BCUT2D eigenvalue weighted by Gasteiger charge is -2.19. The first kappa shape index (κ1) is 13.5. The second-order valence-corrected chi connectivity index (χ2v) is 6.36. The molecule has 6 nitrogen and oxygen atoms in total. The standard InChI is InChI=1S/C16H20N4O2/c1-10-7-17-15(12-3-4-12)20(10)13-5-6-19(8-13)16(21)14-11(2)18-9-22-14/h7,9,12-13H,3-6,8H2,1-2H3. The number of likely N-dealkylation sites (tertiary alicyclic amines) is 1. The number of hydrogen-bond donors (Lipinski definition) is 0. The Hall–Kier alpha value is -2.11. The van der Waals surface area contributed by atoms with Crippen LogP contribution in [0.15, 0.2) is 17.0 Å². The lowest BCUT2D eigenvalue weighted by atomic mass is 10.2. The van der Waals surface area contributed by atoms with Crippen molar-refractivity contribution >= 4 is 5.91 Å². The first-order valence-corrected chi connectivity index (χ1v) is 7.88. The van der Waals surface area contributed by atoms with Crippen LogP contribution in [0.25, 0.3) is 0 Å². The third-order valence-corrected chi connectivity index (χ3v) is 4.71. The van der Waals surface area contributed by atoms with Crippen LogP contribution in [0.4, 0.5) is 0 Å². The summed E-state index contributed by atoms with van der Waals surface area (Å²) >= 11 is 0. The van der Waals surface area contributed by atoms with Gasteiger partial charge in [-0.25, -0.2) is 9.97 Å². The molecule has 2 fully saturated rings. The summed E-state index contributed by atoms with van der Waals surface area (Å²) < 4.78 is 7.58. The fourth-order valence-electron chi connectivity index (χ4n) is 3.37.